The lowest BCUT2D eigenvalue weighted by molar-refractivity contribution is 0.0951. The molecule has 0 radical (unpaired) electrons. The van der Waals surface area contributed by atoms with Gasteiger partial charge in [0.1, 0.15) is 5.82 Å². The van der Waals surface area contributed by atoms with E-state index in [9.17, 15) is 9.18 Å². The maximum atomic E-state index is 13.7. The van der Waals surface area contributed by atoms with E-state index in [1.54, 1.807) is 18.3 Å². The van der Waals surface area contributed by atoms with Gasteiger partial charge in [-0.15, -0.1) is 0 Å². The molecule has 1 atom stereocenters. The van der Waals surface area contributed by atoms with E-state index in [0.29, 0.717) is 5.92 Å². The van der Waals surface area contributed by atoms with Crippen LogP contribution < -0.4 is 10.3 Å². The van der Waals surface area contributed by atoms with Crippen molar-refractivity contribution in [1.29, 1.82) is 0 Å². The molecule has 0 aromatic heterocycles. The molecular weight excluding hydrogens is 353 g/mol. The van der Waals surface area contributed by atoms with Crippen LogP contribution in [0.5, 0.6) is 0 Å². The number of carbonyl (C=O) groups excluding carboxylic acids is 1. The third-order valence-electron chi connectivity index (χ3n) is 5.58. The molecule has 0 saturated carbocycles. The molecule has 2 aromatic rings. The van der Waals surface area contributed by atoms with Crippen molar-refractivity contribution in [2.45, 2.75) is 52.5 Å². The number of nitrogens with one attached hydrogen (secondary N) is 1. The standard InChI is InChI=1S/C23H28FN3O/c1-6-27-21-11-15(2)17(12-19(21)16(3)13-23(27,4)5)14-25-26-22(28)18-9-7-8-10-20(18)24/h7-12,14,16H,6,13H2,1-5H3,(H,26,28)/b25-14-/t16-/m1/s1. The van der Waals surface area contributed by atoms with Crippen LogP contribution in [0.1, 0.15) is 67.1 Å². The fourth-order valence-electron chi connectivity index (χ4n) is 4.25. The molecule has 3 rings (SSSR count). The van der Waals surface area contributed by atoms with E-state index < -0.39 is 11.7 Å². The van der Waals surface area contributed by atoms with Crippen LogP contribution in [0.4, 0.5) is 10.1 Å². The van der Waals surface area contributed by atoms with Crippen LogP contribution in [-0.2, 0) is 0 Å². The largest absolute Gasteiger partial charge is 0.366 e. The number of anilines is 1. The maximum Gasteiger partial charge on any atom is 0.274 e. The minimum absolute atomic E-state index is 0.0174. The summed E-state index contributed by atoms with van der Waals surface area (Å²) in [7, 11) is 0. The molecule has 5 heteroatoms. The summed E-state index contributed by atoms with van der Waals surface area (Å²) in [6.45, 7) is 12.0. The summed E-state index contributed by atoms with van der Waals surface area (Å²) in [6, 6.07) is 10.2. The van der Waals surface area contributed by atoms with Crippen molar-refractivity contribution < 1.29 is 9.18 Å². The second-order valence-electron chi connectivity index (χ2n) is 8.11. The molecule has 4 nitrogen and oxygen atoms in total. The average Bonchev–Trinajstić information content (AvgIpc) is 2.62. The third-order valence-corrected chi connectivity index (χ3v) is 5.58. The lowest BCUT2D eigenvalue weighted by Crippen LogP contribution is -2.48. The number of hydrazone groups is 1. The quantitative estimate of drug-likeness (QED) is 0.598. The lowest BCUT2D eigenvalue weighted by Gasteiger charge is -2.47. The molecule has 1 aliphatic rings. The van der Waals surface area contributed by atoms with Gasteiger partial charge in [-0.1, -0.05) is 19.1 Å². The molecule has 0 fully saturated rings. The highest BCUT2D eigenvalue weighted by Gasteiger charge is 2.35. The van der Waals surface area contributed by atoms with Crippen LogP contribution in [0.25, 0.3) is 0 Å². The summed E-state index contributed by atoms with van der Waals surface area (Å²) in [6.07, 6.45) is 2.72. The van der Waals surface area contributed by atoms with Crippen LogP contribution in [0.2, 0.25) is 0 Å². The Morgan fingerprint density at radius 2 is 2.07 bits per heavy atom. The summed E-state index contributed by atoms with van der Waals surface area (Å²) in [5.74, 6) is -0.679. The SMILES string of the molecule is CCN1c2cc(C)c(/C=N\NC(=O)c3ccccc3F)cc2[C@H](C)CC1(C)C. The van der Waals surface area contributed by atoms with Crippen molar-refractivity contribution >= 4 is 17.8 Å². The second-order valence-corrected chi connectivity index (χ2v) is 8.11. The van der Waals surface area contributed by atoms with Crippen molar-refractivity contribution in [2.75, 3.05) is 11.4 Å². The molecule has 148 valence electrons. The van der Waals surface area contributed by atoms with Crippen molar-refractivity contribution in [2.24, 2.45) is 5.10 Å². The summed E-state index contributed by atoms with van der Waals surface area (Å²) in [5.41, 5.74) is 7.14. The van der Waals surface area contributed by atoms with Gasteiger partial charge in [0, 0.05) is 17.8 Å². The zero-order valence-electron chi connectivity index (χ0n) is 17.2. The highest BCUT2D eigenvalue weighted by molar-refractivity contribution is 5.95. The fraction of sp³-hybridized carbons (Fsp3) is 0.391. The van der Waals surface area contributed by atoms with Gasteiger partial charge in [-0.05, 0) is 81.0 Å². The zero-order chi connectivity index (χ0) is 20.5. The Labute approximate surface area is 166 Å². The molecule has 1 N–H and O–H groups in total. The topological polar surface area (TPSA) is 44.7 Å². The Hall–Kier alpha value is -2.69. The molecule has 1 aliphatic heterocycles. The van der Waals surface area contributed by atoms with E-state index in [1.807, 2.05) is 6.92 Å². The first kappa shape index (κ1) is 20.1. The van der Waals surface area contributed by atoms with E-state index in [-0.39, 0.29) is 11.1 Å². The predicted octanol–water partition coefficient (Wildman–Crippen LogP) is 5.01. The molecular formula is C23H28FN3O. The Morgan fingerprint density at radius 1 is 1.36 bits per heavy atom. The monoisotopic (exact) mass is 381 g/mol. The first-order chi connectivity index (χ1) is 13.2. The van der Waals surface area contributed by atoms with Gasteiger partial charge < -0.3 is 4.90 Å². The molecule has 0 saturated heterocycles. The van der Waals surface area contributed by atoms with Gasteiger partial charge >= 0.3 is 0 Å². The summed E-state index contributed by atoms with van der Waals surface area (Å²) in [4.78, 5) is 14.6. The number of fused-ring (bicyclic) bond motifs is 1. The van der Waals surface area contributed by atoms with Crippen molar-refractivity contribution in [3.63, 3.8) is 0 Å². The number of rotatable bonds is 4. The smallest absolute Gasteiger partial charge is 0.274 e. The first-order valence-electron chi connectivity index (χ1n) is 9.74. The minimum Gasteiger partial charge on any atom is -0.366 e. The van der Waals surface area contributed by atoms with Crippen LogP contribution in [0.15, 0.2) is 41.5 Å². The molecule has 0 bridgehead atoms. The van der Waals surface area contributed by atoms with Crippen LogP contribution in [0, 0.1) is 12.7 Å². The van der Waals surface area contributed by atoms with Crippen molar-refractivity contribution in [1.82, 2.24) is 5.43 Å². The highest BCUT2D eigenvalue weighted by atomic mass is 19.1. The van der Waals surface area contributed by atoms with E-state index in [2.05, 4.69) is 55.3 Å². The molecule has 0 aliphatic carbocycles. The van der Waals surface area contributed by atoms with Gasteiger partial charge in [0.25, 0.3) is 5.91 Å². The molecule has 1 heterocycles. The Morgan fingerprint density at radius 3 is 2.75 bits per heavy atom. The minimum atomic E-state index is -0.559. The molecule has 0 unspecified atom stereocenters. The highest BCUT2D eigenvalue weighted by Crippen LogP contribution is 2.43. The Balaban J connectivity index is 1.84. The van der Waals surface area contributed by atoms with Gasteiger partial charge in [-0.3, -0.25) is 4.79 Å². The van der Waals surface area contributed by atoms with Crippen LogP contribution >= 0.6 is 0 Å². The number of halogens is 1. The number of benzene rings is 2. The van der Waals surface area contributed by atoms with Gasteiger partial charge in [0.15, 0.2) is 0 Å². The summed E-state index contributed by atoms with van der Waals surface area (Å²) in [5, 5.41) is 4.06. The number of carbonyl (C=O) groups is 1. The molecule has 2 aromatic carbocycles. The zero-order valence-corrected chi connectivity index (χ0v) is 17.2. The number of amides is 1. The Bertz CT molecular complexity index is 920. The summed E-state index contributed by atoms with van der Waals surface area (Å²) >= 11 is 0. The van der Waals surface area contributed by atoms with Crippen molar-refractivity contribution in [3.05, 3.63) is 64.5 Å². The van der Waals surface area contributed by atoms with Gasteiger partial charge in [-0.25, -0.2) is 9.82 Å². The van der Waals surface area contributed by atoms with E-state index >= 15 is 0 Å². The fourth-order valence-corrected chi connectivity index (χ4v) is 4.25. The Kier molecular flexibility index (Phi) is 5.54. The normalized spacial score (nSPS) is 18.2. The van der Waals surface area contributed by atoms with E-state index in [1.165, 1.54) is 23.4 Å². The van der Waals surface area contributed by atoms with Crippen LogP contribution in [-0.4, -0.2) is 24.2 Å². The third kappa shape index (κ3) is 3.79. The second kappa shape index (κ2) is 7.74. The van der Waals surface area contributed by atoms with E-state index in [0.717, 1.165) is 24.1 Å². The maximum absolute atomic E-state index is 13.7. The average molecular weight is 381 g/mol. The van der Waals surface area contributed by atoms with Gasteiger partial charge in [0.2, 0.25) is 0 Å². The molecule has 1 amide bonds. The lowest BCUT2D eigenvalue weighted by atomic mass is 9.79. The number of aryl methyl sites for hydroxylation is 1. The van der Waals surface area contributed by atoms with Gasteiger partial charge in [-0.2, -0.15) is 5.10 Å². The predicted molar refractivity (Wildman–Crippen MR) is 113 cm³/mol. The number of nitrogens with zero attached hydrogens (tertiary/aromatic N) is 2. The molecule has 0 spiro atoms. The van der Waals surface area contributed by atoms with Crippen molar-refractivity contribution in [3.8, 4) is 0 Å². The number of hydrogen-bond donors (Lipinski definition) is 1. The van der Waals surface area contributed by atoms with Gasteiger partial charge in [0.05, 0.1) is 11.8 Å². The van der Waals surface area contributed by atoms with Crippen LogP contribution in [0.3, 0.4) is 0 Å². The number of hydrogen-bond acceptors (Lipinski definition) is 3. The molecule has 28 heavy (non-hydrogen) atoms. The first-order valence-corrected chi connectivity index (χ1v) is 9.74. The summed E-state index contributed by atoms with van der Waals surface area (Å²) < 4.78 is 13.7. The van der Waals surface area contributed by atoms with E-state index in [4.69, 9.17) is 0 Å².